The van der Waals surface area contributed by atoms with Gasteiger partial charge in [0.15, 0.2) is 0 Å². The van der Waals surface area contributed by atoms with Crippen molar-refractivity contribution in [2.24, 2.45) is 0 Å². The van der Waals surface area contributed by atoms with E-state index in [9.17, 15) is 5.11 Å². The van der Waals surface area contributed by atoms with E-state index in [1.165, 1.54) is 11.1 Å². The molecule has 0 bridgehead atoms. The molecule has 0 aromatic heterocycles. The Morgan fingerprint density at radius 1 is 1.12 bits per heavy atom. The van der Waals surface area contributed by atoms with Crippen LogP contribution in [0.3, 0.4) is 0 Å². The van der Waals surface area contributed by atoms with E-state index in [1.807, 2.05) is 0 Å². The lowest BCUT2D eigenvalue weighted by molar-refractivity contribution is 0.0216. The number of nitrogens with zero attached hydrogens (tertiary/aromatic N) is 3. The highest BCUT2D eigenvalue weighted by Gasteiger charge is 2.25. The van der Waals surface area contributed by atoms with Crippen LogP contribution in [0, 0.1) is 0 Å². The Kier molecular flexibility index (Phi) is 6.84. The molecule has 140 valence electrons. The number of hydrogen-bond acceptors (Lipinski definition) is 5. The molecule has 1 saturated heterocycles. The standard InChI is InChI=1S/C20H33N3O2/c1-17-13-22(9-10-23(17)11-12-25-2)16-20(24)15-21-8-7-18-5-3-4-6-19(18)14-21/h3-6,17,20,24H,7-16H2,1-2H3/t17-,20+/m0/s1. The molecule has 3 rings (SSSR count). The summed E-state index contributed by atoms with van der Waals surface area (Å²) in [6, 6.07) is 9.21. The largest absolute Gasteiger partial charge is 0.390 e. The molecule has 2 heterocycles. The van der Waals surface area contributed by atoms with Crippen LogP contribution in [0.4, 0.5) is 0 Å². The highest BCUT2D eigenvalue weighted by Crippen LogP contribution is 2.19. The molecule has 2 atom stereocenters. The number of fused-ring (bicyclic) bond motifs is 1. The van der Waals surface area contributed by atoms with Gasteiger partial charge in [0.25, 0.3) is 0 Å². The van der Waals surface area contributed by atoms with Gasteiger partial charge in [0.05, 0.1) is 12.7 Å². The predicted molar refractivity (Wildman–Crippen MR) is 101 cm³/mol. The third-order valence-corrected chi connectivity index (χ3v) is 5.58. The molecule has 1 aromatic rings. The number of hydrogen-bond donors (Lipinski definition) is 1. The number of benzene rings is 1. The fraction of sp³-hybridized carbons (Fsp3) is 0.700. The van der Waals surface area contributed by atoms with E-state index in [0.29, 0.717) is 6.04 Å². The quantitative estimate of drug-likeness (QED) is 0.799. The molecule has 1 aromatic carbocycles. The average molecular weight is 348 g/mol. The van der Waals surface area contributed by atoms with Gasteiger partial charge in [0.1, 0.15) is 0 Å². The summed E-state index contributed by atoms with van der Waals surface area (Å²) in [4.78, 5) is 7.29. The van der Waals surface area contributed by atoms with Crippen LogP contribution in [0.2, 0.25) is 0 Å². The minimum atomic E-state index is -0.275. The topological polar surface area (TPSA) is 39.2 Å². The van der Waals surface area contributed by atoms with Crippen LogP contribution in [0.5, 0.6) is 0 Å². The van der Waals surface area contributed by atoms with E-state index in [2.05, 4.69) is 45.9 Å². The van der Waals surface area contributed by atoms with E-state index >= 15 is 0 Å². The molecule has 25 heavy (non-hydrogen) atoms. The summed E-state index contributed by atoms with van der Waals surface area (Å²) in [6.07, 6.45) is 0.820. The summed E-state index contributed by atoms with van der Waals surface area (Å²) in [6.45, 7) is 10.8. The van der Waals surface area contributed by atoms with Gasteiger partial charge in [-0.05, 0) is 24.5 Å². The number of aliphatic hydroxyl groups is 1. The summed E-state index contributed by atoms with van der Waals surface area (Å²) in [5.74, 6) is 0. The second-order valence-electron chi connectivity index (χ2n) is 7.55. The zero-order chi connectivity index (χ0) is 17.6. The highest BCUT2D eigenvalue weighted by molar-refractivity contribution is 5.29. The molecule has 0 saturated carbocycles. The molecule has 0 unspecified atom stereocenters. The highest BCUT2D eigenvalue weighted by atomic mass is 16.5. The lowest BCUT2D eigenvalue weighted by Gasteiger charge is -2.41. The van der Waals surface area contributed by atoms with E-state index in [0.717, 1.165) is 65.4 Å². The van der Waals surface area contributed by atoms with Crippen LogP contribution in [-0.2, 0) is 17.7 Å². The van der Waals surface area contributed by atoms with Crippen molar-refractivity contribution in [3.05, 3.63) is 35.4 Å². The third kappa shape index (κ3) is 5.25. The first kappa shape index (κ1) is 18.8. The van der Waals surface area contributed by atoms with Gasteiger partial charge < -0.3 is 9.84 Å². The molecule has 5 nitrogen and oxygen atoms in total. The molecule has 2 aliphatic heterocycles. The summed E-state index contributed by atoms with van der Waals surface area (Å²) < 4.78 is 5.19. The molecule has 0 aliphatic carbocycles. The van der Waals surface area contributed by atoms with Crippen molar-refractivity contribution >= 4 is 0 Å². The van der Waals surface area contributed by atoms with Crippen LogP contribution in [0.1, 0.15) is 18.1 Å². The second kappa shape index (κ2) is 9.10. The van der Waals surface area contributed by atoms with Gasteiger partial charge in [-0.1, -0.05) is 24.3 Å². The van der Waals surface area contributed by atoms with Gasteiger partial charge in [-0.3, -0.25) is 14.7 Å². The van der Waals surface area contributed by atoms with Gasteiger partial charge in [-0.25, -0.2) is 0 Å². The first-order valence-corrected chi connectivity index (χ1v) is 9.58. The molecule has 0 spiro atoms. The fourth-order valence-electron chi connectivity index (χ4n) is 4.14. The normalized spacial score (nSPS) is 24.2. The van der Waals surface area contributed by atoms with Crippen molar-refractivity contribution < 1.29 is 9.84 Å². The van der Waals surface area contributed by atoms with Gasteiger partial charge in [0.2, 0.25) is 0 Å². The fourth-order valence-corrected chi connectivity index (χ4v) is 4.14. The SMILES string of the molecule is COCCN1CCN(C[C@H](O)CN2CCc3ccccc3C2)C[C@@H]1C. The van der Waals surface area contributed by atoms with E-state index < -0.39 is 0 Å². The number of methoxy groups -OCH3 is 1. The molecule has 5 heteroatoms. The maximum absolute atomic E-state index is 10.6. The lowest BCUT2D eigenvalue weighted by atomic mass is 10.00. The van der Waals surface area contributed by atoms with Crippen molar-refractivity contribution in [2.45, 2.75) is 32.0 Å². The lowest BCUT2D eigenvalue weighted by Crippen LogP contribution is -2.54. The predicted octanol–water partition coefficient (Wildman–Crippen LogP) is 1.06. The van der Waals surface area contributed by atoms with Crippen molar-refractivity contribution in [3.8, 4) is 0 Å². The van der Waals surface area contributed by atoms with Gasteiger partial charge >= 0.3 is 0 Å². The Balaban J connectivity index is 1.42. The Bertz CT molecular complexity index is 539. The minimum Gasteiger partial charge on any atom is -0.390 e. The number of piperazine rings is 1. The summed E-state index contributed by atoms with van der Waals surface area (Å²) in [5.41, 5.74) is 2.88. The van der Waals surface area contributed by atoms with Crippen LogP contribution in [0.25, 0.3) is 0 Å². The molecule has 2 aliphatic rings. The van der Waals surface area contributed by atoms with E-state index in [4.69, 9.17) is 4.74 Å². The molecule has 1 fully saturated rings. The minimum absolute atomic E-state index is 0.275. The Morgan fingerprint density at radius 2 is 1.88 bits per heavy atom. The molecule has 0 radical (unpaired) electrons. The Labute approximate surface area is 152 Å². The number of rotatable bonds is 7. The first-order chi connectivity index (χ1) is 12.2. The molecular weight excluding hydrogens is 314 g/mol. The van der Waals surface area contributed by atoms with Crippen LogP contribution < -0.4 is 0 Å². The average Bonchev–Trinajstić information content (AvgIpc) is 2.61. The van der Waals surface area contributed by atoms with Crippen molar-refractivity contribution in [1.29, 1.82) is 0 Å². The van der Waals surface area contributed by atoms with Gasteiger partial charge in [-0.15, -0.1) is 0 Å². The van der Waals surface area contributed by atoms with E-state index in [1.54, 1.807) is 7.11 Å². The monoisotopic (exact) mass is 347 g/mol. The second-order valence-corrected chi connectivity index (χ2v) is 7.55. The zero-order valence-corrected chi connectivity index (χ0v) is 15.7. The Morgan fingerprint density at radius 3 is 2.64 bits per heavy atom. The van der Waals surface area contributed by atoms with Gasteiger partial charge in [0, 0.05) is 65.5 Å². The zero-order valence-electron chi connectivity index (χ0n) is 15.7. The summed E-state index contributed by atoms with van der Waals surface area (Å²) in [7, 11) is 1.76. The third-order valence-electron chi connectivity index (χ3n) is 5.58. The van der Waals surface area contributed by atoms with Crippen LogP contribution in [0.15, 0.2) is 24.3 Å². The van der Waals surface area contributed by atoms with Gasteiger partial charge in [-0.2, -0.15) is 0 Å². The molecule has 1 N–H and O–H groups in total. The number of aliphatic hydroxyl groups excluding tert-OH is 1. The molecule has 0 amide bonds. The van der Waals surface area contributed by atoms with E-state index in [-0.39, 0.29) is 6.10 Å². The summed E-state index contributed by atoms with van der Waals surface area (Å²) in [5, 5.41) is 10.6. The smallest absolute Gasteiger partial charge is 0.0793 e. The van der Waals surface area contributed by atoms with Crippen molar-refractivity contribution in [2.75, 3.05) is 59.5 Å². The maximum Gasteiger partial charge on any atom is 0.0793 e. The number of β-amino-alcohol motifs (C(OH)–C–C–N with tert-alkyl or cyclic N) is 1. The van der Waals surface area contributed by atoms with Crippen molar-refractivity contribution in [1.82, 2.24) is 14.7 Å². The van der Waals surface area contributed by atoms with Crippen LogP contribution in [-0.4, -0.2) is 91.5 Å². The maximum atomic E-state index is 10.6. The number of ether oxygens (including phenoxy) is 1. The molecular formula is C20H33N3O2. The first-order valence-electron chi connectivity index (χ1n) is 9.58. The summed E-state index contributed by atoms with van der Waals surface area (Å²) >= 11 is 0. The Hall–Kier alpha value is -0.980. The van der Waals surface area contributed by atoms with Crippen LogP contribution >= 0.6 is 0 Å². The van der Waals surface area contributed by atoms with Crippen molar-refractivity contribution in [3.63, 3.8) is 0 Å².